The number of carbonyl (C=O) groups is 1. The van der Waals surface area contributed by atoms with Gasteiger partial charge in [0.2, 0.25) is 5.91 Å². The first-order valence-electron chi connectivity index (χ1n) is 5.18. The molecule has 1 rings (SSSR count). The summed E-state index contributed by atoms with van der Waals surface area (Å²) >= 11 is 1.42. The Morgan fingerprint density at radius 1 is 1.59 bits per heavy atom. The summed E-state index contributed by atoms with van der Waals surface area (Å²) in [6.45, 7) is 0.182. The number of rotatable bonds is 7. The van der Waals surface area contributed by atoms with Gasteiger partial charge in [-0.05, 0) is 12.1 Å². The highest BCUT2D eigenvalue weighted by atomic mass is 32.2. The van der Waals surface area contributed by atoms with Crippen LogP contribution in [0.1, 0.15) is 0 Å². The fourth-order valence-corrected chi connectivity index (χ4v) is 1.89. The van der Waals surface area contributed by atoms with Gasteiger partial charge in [-0.2, -0.15) is 0 Å². The minimum Gasteiger partial charge on any atom is -0.394 e. The molecule has 0 spiro atoms. The molecule has 0 aromatic carbocycles. The number of pyridine rings is 1. The van der Waals surface area contributed by atoms with Gasteiger partial charge in [0.15, 0.2) is 0 Å². The van der Waals surface area contributed by atoms with E-state index in [4.69, 9.17) is 9.84 Å². The standard InChI is InChI=1S/C11H16N2O3S/c1-16-7-9(6-14)13-11(15)8-17-10-2-4-12-5-3-10/h2-5,9,14H,6-8H2,1H3,(H,13,15). The van der Waals surface area contributed by atoms with E-state index in [0.717, 1.165) is 4.90 Å². The van der Waals surface area contributed by atoms with E-state index in [9.17, 15) is 4.79 Å². The maximum atomic E-state index is 11.5. The number of aliphatic hydroxyl groups is 1. The van der Waals surface area contributed by atoms with Crippen molar-refractivity contribution in [2.75, 3.05) is 26.1 Å². The molecule has 0 aliphatic carbocycles. The van der Waals surface area contributed by atoms with E-state index in [1.54, 1.807) is 12.4 Å². The van der Waals surface area contributed by atoms with E-state index in [1.807, 2.05) is 12.1 Å². The molecular formula is C11H16N2O3S. The first kappa shape index (κ1) is 14.0. The molecule has 0 bridgehead atoms. The third-order valence-electron chi connectivity index (χ3n) is 1.97. The van der Waals surface area contributed by atoms with Gasteiger partial charge in [0.1, 0.15) is 0 Å². The molecule has 0 aliphatic rings. The Kier molecular flexibility index (Phi) is 6.61. The average Bonchev–Trinajstić information content (AvgIpc) is 2.37. The van der Waals surface area contributed by atoms with Gasteiger partial charge in [-0.1, -0.05) is 0 Å². The number of ether oxygens (including phenoxy) is 1. The van der Waals surface area contributed by atoms with Crippen LogP contribution in [0.5, 0.6) is 0 Å². The lowest BCUT2D eigenvalue weighted by atomic mass is 10.3. The number of nitrogens with zero attached hydrogens (tertiary/aromatic N) is 1. The number of aromatic nitrogens is 1. The summed E-state index contributed by atoms with van der Waals surface area (Å²) in [4.78, 5) is 16.4. The smallest absolute Gasteiger partial charge is 0.230 e. The fraction of sp³-hybridized carbons (Fsp3) is 0.455. The van der Waals surface area contributed by atoms with Gasteiger partial charge in [-0.25, -0.2) is 0 Å². The number of carbonyl (C=O) groups excluding carboxylic acids is 1. The summed E-state index contributed by atoms with van der Waals surface area (Å²) in [6.07, 6.45) is 3.36. The first-order chi connectivity index (χ1) is 8.26. The van der Waals surface area contributed by atoms with Crippen LogP contribution in [0.25, 0.3) is 0 Å². The van der Waals surface area contributed by atoms with Crippen molar-refractivity contribution in [3.8, 4) is 0 Å². The van der Waals surface area contributed by atoms with Crippen LogP contribution in [0.15, 0.2) is 29.4 Å². The first-order valence-corrected chi connectivity index (χ1v) is 6.16. The van der Waals surface area contributed by atoms with E-state index in [2.05, 4.69) is 10.3 Å². The molecule has 1 unspecified atom stereocenters. The lowest BCUT2D eigenvalue weighted by Gasteiger charge is -2.14. The highest BCUT2D eigenvalue weighted by Crippen LogP contribution is 2.15. The fourth-order valence-electron chi connectivity index (χ4n) is 1.19. The van der Waals surface area contributed by atoms with Crippen LogP contribution in [-0.2, 0) is 9.53 Å². The summed E-state index contributed by atoms with van der Waals surface area (Å²) < 4.78 is 4.87. The number of thioether (sulfide) groups is 1. The molecule has 2 N–H and O–H groups in total. The van der Waals surface area contributed by atoms with Gasteiger partial charge >= 0.3 is 0 Å². The zero-order valence-corrected chi connectivity index (χ0v) is 10.4. The van der Waals surface area contributed by atoms with E-state index in [0.29, 0.717) is 12.4 Å². The van der Waals surface area contributed by atoms with Crippen LogP contribution in [0.3, 0.4) is 0 Å². The lowest BCUT2D eigenvalue weighted by Crippen LogP contribution is -2.41. The molecule has 94 valence electrons. The summed E-state index contributed by atoms with van der Waals surface area (Å²) in [5.74, 6) is 0.187. The van der Waals surface area contributed by atoms with Crippen LogP contribution < -0.4 is 5.32 Å². The highest BCUT2D eigenvalue weighted by molar-refractivity contribution is 8.00. The second-order valence-corrected chi connectivity index (χ2v) is 4.42. The number of amides is 1. The Bertz CT molecular complexity index is 335. The average molecular weight is 256 g/mol. The minimum atomic E-state index is -0.342. The summed E-state index contributed by atoms with van der Waals surface area (Å²) in [7, 11) is 1.53. The number of hydrogen-bond donors (Lipinski definition) is 2. The molecule has 0 radical (unpaired) electrons. The third kappa shape index (κ3) is 5.67. The second kappa shape index (κ2) is 8.05. The van der Waals surface area contributed by atoms with Crippen LogP contribution in [-0.4, -0.2) is 48.1 Å². The maximum absolute atomic E-state index is 11.5. The Balaban J connectivity index is 2.30. The molecular weight excluding hydrogens is 240 g/mol. The van der Waals surface area contributed by atoms with Crippen molar-refractivity contribution in [2.45, 2.75) is 10.9 Å². The van der Waals surface area contributed by atoms with Gasteiger partial charge in [-0.3, -0.25) is 9.78 Å². The van der Waals surface area contributed by atoms with E-state index in [1.165, 1.54) is 18.9 Å². The summed E-state index contributed by atoms with van der Waals surface area (Å²) in [5.41, 5.74) is 0. The van der Waals surface area contributed by atoms with Gasteiger partial charge in [-0.15, -0.1) is 11.8 Å². The normalized spacial score (nSPS) is 12.1. The second-order valence-electron chi connectivity index (χ2n) is 3.37. The molecule has 1 aromatic rings. The van der Waals surface area contributed by atoms with Gasteiger partial charge in [0.25, 0.3) is 0 Å². The van der Waals surface area contributed by atoms with E-state index in [-0.39, 0.29) is 18.6 Å². The molecule has 1 atom stereocenters. The molecule has 1 aromatic heterocycles. The Morgan fingerprint density at radius 3 is 2.88 bits per heavy atom. The quantitative estimate of drug-likeness (QED) is 0.686. The SMILES string of the molecule is COCC(CO)NC(=O)CSc1ccncc1. The van der Waals surface area contributed by atoms with Crippen LogP contribution in [0, 0.1) is 0 Å². The monoisotopic (exact) mass is 256 g/mol. The largest absolute Gasteiger partial charge is 0.394 e. The van der Waals surface area contributed by atoms with Gasteiger partial charge in [0.05, 0.1) is 25.0 Å². The molecule has 5 nitrogen and oxygen atoms in total. The maximum Gasteiger partial charge on any atom is 0.230 e. The summed E-state index contributed by atoms with van der Waals surface area (Å²) in [5, 5.41) is 11.7. The Morgan fingerprint density at radius 2 is 2.29 bits per heavy atom. The molecule has 0 fully saturated rings. The predicted octanol–water partition coefficient (Wildman–Crippen LogP) is 0.297. The topological polar surface area (TPSA) is 71.5 Å². The van der Waals surface area contributed by atoms with Crippen LogP contribution in [0.2, 0.25) is 0 Å². The van der Waals surface area contributed by atoms with Crippen LogP contribution in [0.4, 0.5) is 0 Å². The Hall–Kier alpha value is -1.11. The third-order valence-corrected chi connectivity index (χ3v) is 2.99. The van der Waals surface area contributed by atoms with Crippen molar-refractivity contribution in [2.24, 2.45) is 0 Å². The highest BCUT2D eigenvalue weighted by Gasteiger charge is 2.10. The number of nitrogens with one attached hydrogen (secondary N) is 1. The minimum absolute atomic E-state index is 0.122. The van der Waals surface area contributed by atoms with Crippen molar-refractivity contribution in [1.82, 2.24) is 10.3 Å². The Labute approximate surface area is 105 Å². The predicted molar refractivity (Wildman–Crippen MR) is 65.9 cm³/mol. The van der Waals surface area contributed by atoms with E-state index >= 15 is 0 Å². The molecule has 1 amide bonds. The van der Waals surface area contributed by atoms with E-state index < -0.39 is 0 Å². The molecule has 17 heavy (non-hydrogen) atoms. The molecule has 1 heterocycles. The number of methoxy groups -OCH3 is 1. The number of hydrogen-bond acceptors (Lipinski definition) is 5. The van der Waals surface area contributed by atoms with Gasteiger partial charge in [0, 0.05) is 24.4 Å². The molecule has 0 aliphatic heterocycles. The van der Waals surface area contributed by atoms with Gasteiger partial charge < -0.3 is 15.2 Å². The van der Waals surface area contributed by atoms with Crippen molar-refractivity contribution < 1.29 is 14.6 Å². The molecule has 0 saturated heterocycles. The zero-order valence-electron chi connectivity index (χ0n) is 9.63. The summed E-state index contributed by atoms with van der Waals surface area (Å²) in [6, 6.07) is 3.35. The van der Waals surface area contributed by atoms with Crippen LogP contribution >= 0.6 is 11.8 Å². The zero-order chi connectivity index (χ0) is 12.5. The van der Waals surface area contributed by atoms with Crippen molar-refractivity contribution >= 4 is 17.7 Å². The molecule has 0 saturated carbocycles. The lowest BCUT2D eigenvalue weighted by molar-refractivity contribution is -0.120. The van der Waals surface area contributed by atoms with Crippen molar-refractivity contribution in [1.29, 1.82) is 0 Å². The van der Waals surface area contributed by atoms with Crippen molar-refractivity contribution in [3.05, 3.63) is 24.5 Å². The molecule has 6 heteroatoms. The number of aliphatic hydroxyl groups excluding tert-OH is 1. The van der Waals surface area contributed by atoms with Crippen molar-refractivity contribution in [3.63, 3.8) is 0 Å².